The average molecular weight is 776 g/mol. The van der Waals surface area contributed by atoms with Crippen LogP contribution >= 0.6 is 0 Å². The van der Waals surface area contributed by atoms with Gasteiger partial charge in [0.05, 0.1) is 20.3 Å². The van der Waals surface area contributed by atoms with Crippen LogP contribution in [0.25, 0.3) is 11.1 Å². The fourth-order valence-corrected chi connectivity index (χ4v) is 7.87. The Morgan fingerprint density at radius 1 is 0.965 bits per heavy atom. The van der Waals surface area contributed by atoms with E-state index in [9.17, 15) is 14.4 Å². The number of ether oxygens (including phenoxy) is 5. The molecule has 300 valence electrons. The largest absolute Gasteiger partial charge is 0.493 e. The third kappa shape index (κ3) is 9.35. The van der Waals surface area contributed by atoms with Crippen molar-refractivity contribution in [2.24, 2.45) is 5.92 Å². The van der Waals surface area contributed by atoms with Crippen LogP contribution in [-0.2, 0) is 38.4 Å². The normalized spacial score (nSPS) is 18.3. The molecule has 1 N–H and O–H groups in total. The number of pyridine rings is 1. The van der Waals surface area contributed by atoms with Crippen molar-refractivity contribution < 1.29 is 38.1 Å². The number of carbonyl (C=O) groups is 3. The van der Waals surface area contributed by atoms with Crippen molar-refractivity contribution in [3.8, 4) is 28.4 Å². The molecular weight excluding hydrogens is 723 g/mol. The van der Waals surface area contributed by atoms with E-state index < -0.39 is 35.7 Å². The predicted octanol–water partition coefficient (Wildman–Crippen LogP) is 8.01. The van der Waals surface area contributed by atoms with Crippen molar-refractivity contribution >= 4 is 18.0 Å². The number of methoxy groups -OCH3 is 1. The monoisotopic (exact) mass is 775 g/mol. The zero-order chi connectivity index (χ0) is 40.3. The summed E-state index contributed by atoms with van der Waals surface area (Å²) in [5, 5.41) is 2.91. The first-order valence-corrected chi connectivity index (χ1v) is 19.9. The first-order valence-electron chi connectivity index (χ1n) is 19.9. The highest BCUT2D eigenvalue weighted by molar-refractivity contribution is 5.90. The number of fused-ring (bicyclic) bond motifs is 2. The average Bonchev–Trinajstić information content (AvgIpc) is 3.73. The molecule has 2 amide bonds. The van der Waals surface area contributed by atoms with Crippen LogP contribution in [0.2, 0.25) is 0 Å². The van der Waals surface area contributed by atoms with E-state index in [1.54, 1.807) is 27.0 Å². The fourth-order valence-electron chi connectivity index (χ4n) is 7.87. The number of carbonyl (C=O) groups excluding carboxylic acids is 3. The van der Waals surface area contributed by atoms with Gasteiger partial charge in [-0.25, -0.2) is 9.59 Å². The number of nitrogens with one attached hydrogen (secondary N) is 1. The molecule has 11 heteroatoms. The molecule has 7 rings (SSSR count). The Labute approximate surface area is 335 Å². The lowest BCUT2D eigenvalue weighted by Crippen LogP contribution is -2.56. The van der Waals surface area contributed by atoms with Gasteiger partial charge in [-0.2, -0.15) is 0 Å². The van der Waals surface area contributed by atoms with Crippen LogP contribution in [0.1, 0.15) is 86.1 Å². The summed E-state index contributed by atoms with van der Waals surface area (Å²) in [4.78, 5) is 46.9. The summed E-state index contributed by atoms with van der Waals surface area (Å²) in [5.74, 6) is 1.46. The van der Waals surface area contributed by atoms with Gasteiger partial charge in [-0.3, -0.25) is 14.7 Å². The van der Waals surface area contributed by atoms with Crippen molar-refractivity contribution in [2.75, 3.05) is 20.3 Å². The highest BCUT2D eigenvalue weighted by atomic mass is 16.6. The van der Waals surface area contributed by atoms with Crippen molar-refractivity contribution in [3.05, 3.63) is 106 Å². The van der Waals surface area contributed by atoms with Crippen molar-refractivity contribution in [3.63, 3.8) is 0 Å². The number of nitrogens with zero attached hydrogens (tertiary/aromatic N) is 2. The van der Waals surface area contributed by atoms with Gasteiger partial charge in [-0.1, -0.05) is 49.2 Å². The second-order valence-corrected chi connectivity index (χ2v) is 16.4. The molecule has 2 aliphatic heterocycles. The van der Waals surface area contributed by atoms with Crippen LogP contribution < -0.4 is 19.5 Å². The summed E-state index contributed by atoms with van der Waals surface area (Å²) in [7, 11) is 1.29. The zero-order valence-electron chi connectivity index (χ0n) is 33.8. The van der Waals surface area contributed by atoms with Gasteiger partial charge in [-0.15, -0.1) is 0 Å². The minimum absolute atomic E-state index is 0.0897. The van der Waals surface area contributed by atoms with Crippen LogP contribution in [0.5, 0.6) is 17.2 Å². The molecule has 1 fully saturated rings. The standard InChI is InChI=1S/C46H53N3O8/c1-28-29(2)47-19-18-37(28)32-16-14-30(15-17-32)20-38(44(51)53-6)48-43(50)39-22-34-23-40-41(24-35(34)25-49(39)45(52)57-46(3,4)5)56-42(27-55-40)33-12-9-13-36(21-33)54-26-31-10-7-8-11-31/h9,12-19,21,23-24,31,38-39,42H,7-8,10-11,20,22,25-27H2,1-6H3,(H,48,50)/t38-,39-,42+/m0/s1. The molecule has 3 atom stereocenters. The maximum atomic E-state index is 14.2. The number of aryl methyl sites for hydroxylation is 1. The SMILES string of the molecule is COC(=O)[C@H](Cc1ccc(-c2ccnc(C)c2C)cc1)NC(=O)[C@@H]1Cc2cc3c(cc2CN1C(=O)OC(C)(C)C)O[C@@H](c1cccc(OCC2CCCC2)c1)CO3. The molecular formula is C46H53N3O8. The Morgan fingerprint density at radius 3 is 2.46 bits per heavy atom. The van der Waals surface area contributed by atoms with E-state index >= 15 is 0 Å². The molecule has 0 radical (unpaired) electrons. The van der Waals surface area contributed by atoms with Gasteiger partial charge in [0.25, 0.3) is 0 Å². The Hall–Kier alpha value is -5.58. The fraction of sp³-hybridized carbons (Fsp3) is 0.435. The van der Waals surface area contributed by atoms with E-state index in [-0.39, 0.29) is 25.5 Å². The topological polar surface area (TPSA) is 126 Å². The summed E-state index contributed by atoms with van der Waals surface area (Å²) in [6.45, 7) is 10.5. The van der Waals surface area contributed by atoms with Gasteiger partial charge in [0.2, 0.25) is 5.91 Å². The second kappa shape index (κ2) is 16.9. The molecule has 3 aliphatic rings. The molecule has 3 heterocycles. The van der Waals surface area contributed by atoms with Gasteiger partial charge in [-0.05, 0) is 123 Å². The number of amides is 2. The molecule has 11 nitrogen and oxygen atoms in total. The molecule has 0 spiro atoms. The van der Waals surface area contributed by atoms with Crippen molar-refractivity contribution in [1.29, 1.82) is 0 Å². The van der Waals surface area contributed by atoms with Crippen LogP contribution in [0, 0.1) is 19.8 Å². The van der Waals surface area contributed by atoms with E-state index in [0.29, 0.717) is 24.0 Å². The Kier molecular flexibility index (Phi) is 11.7. The third-order valence-corrected chi connectivity index (χ3v) is 11.1. The first kappa shape index (κ1) is 39.6. The van der Waals surface area contributed by atoms with E-state index in [0.717, 1.165) is 57.0 Å². The highest BCUT2D eigenvalue weighted by Gasteiger charge is 2.40. The van der Waals surface area contributed by atoms with Crippen molar-refractivity contribution in [1.82, 2.24) is 15.2 Å². The van der Waals surface area contributed by atoms with Gasteiger partial charge in [0.1, 0.15) is 30.0 Å². The quantitative estimate of drug-likeness (QED) is 0.160. The maximum absolute atomic E-state index is 14.2. The van der Waals surface area contributed by atoms with Crippen molar-refractivity contribution in [2.45, 2.75) is 103 Å². The first-order chi connectivity index (χ1) is 27.3. The zero-order valence-corrected chi connectivity index (χ0v) is 33.8. The molecule has 1 aliphatic carbocycles. The number of hydrogen-bond acceptors (Lipinski definition) is 9. The molecule has 57 heavy (non-hydrogen) atoms. The number of benzene rings is 3. The molecule has 3 aromatic carbocycles. The summed E-state index contributed by atoms with van der Waals surface area (Å²) in [6.07, 6.45) is 6.14. The van der Waals surface area contributed by atoms with Gasteiger partial charge < -0.3 is 29.0 Å². The van der Waals surface area contributed by atoms with E-state index in [2.05, 4.69) is 10.3 Å². The van der Waals surface area contributed by atoms with E-state index in [1.165, 1.54) is 37.7 Å². The minimum atomic E-state index is -0.996. The van der Waals surface area contributed by atoms with Crippen LogP contribution in [-0.4, -0.2) is 65.9 Å². The second-order valence-electron chi connectivity index (χ2n) is 16.4. The molecule has 0 saturated heterocycles. The summed E-state index contributed by atoms with van der Waals surface area (Å²) >= 11 is 0. The maximum Gasteiger partial charge on any atom is 0.411 e. The highest BCUT2D eigenvalue weighted by Crippen LogP contribution is 2.41. The Bertz CT molecular complexity index is 2100. The number of esters is 1. The third-order valence-electron chi connectivity index (χ3n) is 11.1. The van der Waals surface area contributed by atoms with E-state index in [1.807, 2.05) is 80.6 Å². The van der Waals surface area contributed by atoms with Gasteiger partial charge in [0, 0.05) is 24.7 Å². The predicted molar refractivity (Wildman–Crippen MR) is 215 cm³/mol. The number of hydrogen-bond donors (Lipinski definition) is 1. The molecule has 4 aromatic rings. The molecule has 1 saturated carbocycles. The lowest BCUT2D eigenvalue weighted by molar-refractivity contribution is -0.145. The van der Waals surface area contributed by atoms with Crippen LogP contribution in [0.15, 0.2) is 72.9 Å². The van der Waals surface area contributed by atoms with Crippen LogP contribution in [0.3, 0.4) is 0 Å². The minimum Gasteiger partial charge on any atom is -0.493 e. The lowest BCUT2D eigenvalue weighted by atomic mass is 9.92. The molecule has 1 aromatic heterocycles. The summed E-state index contributed by atoms with van der Waals surface area (Å²) in [6, 6.07) is 19.6. The van der Waals surface area contributed by atoms with E-state index in [4.69, 9.17) is 23.7 Å². The number of aromatic nitrogens is 1. The Morgan fingerprint density at radius 2 is 1.72 bits per heavy atom. The lowest BCUT2D eigenvalue weighted by Gasteiger charge is -2.38. The Balaban J connectivity index is 1.08. The van der Waals surface area contributed by atoms with Gasteiger partial charge >= 0.3 is 12.1 Å². The summed E-state index contributed by atoms with van der Waals surface area (Å²) < 4.78 is 29.9. The smallest absolute Gasteiger partial charge is 0.411 e. The summed E-state index contributed by atoms with van der Waals surface area (Å²) in [5.41, 5.74) is 6.79. The molecule has 0 bridgehead atoms. The van der Waals surface area contributed by atoms with Crippen LogP contribution in [0.4, 0.5) is 4.79 Å². The number of rotatable bonds is 10. The molecule has 0 unspecified atom stereocenters. The van der Waals surface area contributed by atoms with Gasteiger partial charge in [0.15, 0.2) is 17.6 Å².